The molecule has 1 atom stereocenters. The number of carbonyl (C=O) groups excluding carboxylic acids is 7. The molecule has 1 aromatic carbocycles. The molecule has 14 heteroatoms. The van der Waals surface area contributed by atoms with Crippen molar-refractivity contribution in [2.24, 2.45) is 5.73 Å². The largest absolute Gasteiger partial charge is 0.480 e. The number of ether oxygens (including phenoxy) is 6. The zero-order valence-corrected chi connectivity index (χ0v) is 17.7. The Morgan fingerprint density at radius 3 is 1.31 bits per heavy atom. The summed E-state index contributed by atoms with van der Waals surface area (Å²) in [7, 11) is 0. The van der Waals surface area contributed by atoms with E-state index in [4.69, 9.17) is 34.2 Å². The molecular formula is C22H13NO13. The van der Waals surface area contributed by atoms with Gasteiger partial charge in [-0.3, -0.25) is 4.79 Å². The molecule has 0 bridgehead atoms. The van der Waals surface area contributed by atoms with Gasteiger partial charge in [-0.15, -0.1) is 0 Å². The Balaban J connectivity index is 2.20. The summed E-state index contributed by atoms with van der Waals surface area (Å²) in [6.07, 6.45) is 3.24. The van der Waals surface area contributed by atoms with Gasteiger partial charge in [-0.25, -0.2) is 28.8 Å². The van der Waals surface area contributed by atoms with E-state index in [9.17, 15) is 33.6 Å². The molecule has 1 aromatic rings. The molecule has 0 saturated heterocycles. The third kappa shape index (κ3) is 3.66. The van der Waals surface area contributed by atoms with Gasteiger partial charge < -0.3 is 34.2 Å². The molecule has 0 saturated carbocycles. The van der Waals surface area contributed by atoms with Crippen LogP contribution in [-0.2, 0) is 67.6 Å². The average molecular weight is 499 g/mol. The van der Waals surface area contributed by atoms with E-state index in [2.05, 4.69) is 0 Å². The summed E-state index contributed by atoms with van der Waals surface area (Å²) in [5.41, 5.74) is 1.64. The van der Waals surface area contributed by atoms with Crippen molar-refractivity contribution >= 4 is 41.7 Å². The molecule has 4 rings (SSSR count). The van der Waals surface area contributed by atoms with Crippen LogP contribution in [0.1, 0.15) is 5.56 Å². The molecule has 3 aliphatic rings. The topological polar surface area (TPSA) is 201 Å². The minimum Gasteiger partial charge on any atom is -0.429 e. The second kappa shape index (κ2) is 8.50. The van der Waals surface area contributed by atoms with E-state index in [0.29, 0.717) is 36.5 Å². The van der Waals surface area contributed by atoms with E-state index in [0.717, 1.165) is 12.1 Å². The molecule has 0 aliphatic carbocycles. The number of rotatable bonds is 3. The number of amides is 1. The number of nitrogens with two attached hydrogens (primary N) is 1. The standard InChI is InChI=1S/C22H13NO13/c23-19(30)21(32-14(25)7-8-15(26)33-21)20(12-4-2-1-3-5-12)22(34-16(27)9-6-13(24)31-20)35-17(28)10-11-18(29)36-22/h1-11H,(H2,23,30)/b9-6-. The first kappa shape index (κ1) is 23.9. The van der Waals surface area contributed by atoms with Gasteiger partial charge in [0.2, 0.25) is 0 Å². The molecule has 0 radical (unpaired) electrons. The predicted octanol–water partition coefficient (Wildman–Crippen LogP) is -1.31. The summed E-state index contributed by atoms with van der Waals surface area (Å²) in [5.74, 6) is -17.6. The molecule has 1 unspecified atom stereocenters. The lowest BCUT2D eigenvalue weighted by atomic mass is 9.80. The van der Waals surface area contributed by atoms with Gasteiger partial charge in [-0.05, 0) is 0 Å². The number of benzene rings is 1. The van der Waals surface area contributed by atoms with E-state index in [1.165, 1.54) is 18.2 Å². The number of primary amides is 1. The normalized spacial score (nSPS) is 25.4. The highest BCUT2D eigenvalue weighted by atomic mass is 16.9. The monoisotopic (exact) mass is 499 g/mol. The summed E-state index contributed by atoms with van der Waals surface area (Å²) < 4.78 is 31.1. The van der Waals surface area contributed by atoms with Crippen LogP contribution in [0.3, 0.4) is 0 Å². The fourth-order valence-electron chi connectivity index (χ4n) is 3.59. The van der Waals surface area contributed by atoms with Gasteiger partial charge in [0.05, 0.1) is 0 Å². The first-order valence-corrected chi connectivity index (χ1v) is 9.81. The molecule has 2 N–H and O–H groups in total. The zero-order valence-electron chi connectivity index (χ0n) is 17.7. The lowest BCUT2D eigenvalue weighted by molar-refractivity contribution is -0.438. The van der Waals surface area contributed by atoms with Gasteiger partial charge in [-0.1, -0.05) is 30.3 Å². The van der Waals surface area contributed by atoms with Gasteiger partial charge in [0.25, 0.3) is 0 Å². The number of hydrogen-bond acceptors (Lipinski definition) is 13. The predicted molar refractivity (Wildman–Crippen MR) is 107 cm³/mol. The fraction of sp³-hybridized carbons (Fsp3) is 0.136. The molecule has 36 heavy (non-hydrogen) atoms. The minimum atomic E-state index is -3.60. The van der Waals surface area contributed by atoms with Gasteiger partial charge in [0.15, 0.2) is 0 Å². The van der Waals surface area contributed by atoms with E-state index in [-0.39, 0.29) is 0 Å². The van der Waals surface area contributed by atoms with Crippen molar-refractivity contribution in [2.75, 3.05) is 0 Å². The summed E-state index contributed by atoms with van der Waals surface area (Å²) in [4.78, 5) is 88.5. The third-order valence-electron chi connectivity index (χ3n) is 4.91. The lowest BCUT2D eigenvalue weighted by Crippen LogP contribution is -2.76. The van der Waals surface area contributed by atoms with E-state index >= 15 is 0 Å². The number of cyclic esters (lactones) is 3. The second-order valence-corrected chi connectivity index (χ2v) is 7.11. The molecule has 1 amide bonds. The molecule has 3 aliphatic heterocycles. The quantitative estimate of drug-likeness (QED) is 0.380. The van der Waals surface area contributed by atoms with Crippen molar-refractivity contribution in [3.8, 4) is 0 Å². The summed E-state index contributed by atoms with van der Waals surface area (Å²) >= 11 is 0. The first-order chi connectivity index (χ1) is 17.0. The number of carbonyl (C=O) groups is 7. The highest BCUT2D eigenvalue weighted by molar-refractivity contribution is 6.00. The molecule has 0 fully saturated rings. The lowest BCUT2D eigenvalue weighted by Gasteiger charge is -2.50. The Morgan fingerprint density at radius 2 is 0.917 bits per heavy atom. The van der Waals surface area contributed by atoms with E-state index < -0.39 is 64.6 Å². The van der Waals surface area contributed by atoms with Crippen LogP contribution >= 0.6 is 0 Å². The van der Waals surface area contributed by atoms with Crippen LogP contribution in [-0.4, -0.2) is 53.5 Å². The molecule has 14 nitrogen and oxygen atoms in total. The Hall–Kier alpha value is -5.27. The number of esters is 6. The van der Waals surface area contributed by atoms with Crippen LogP contribution in [0.2, 0.25) is 0 Å². The average Bonchev–Trinajstić information content (AvgIpc) is 3.07. The fourth-order valence-corrected chi connectivity index (χ4v) is 3.59. The smallest absolute Gasteiger partial charge is 0.429 e. The second-order valence-electron chi connectivity index (χ2n) is 7.11. The van der Waals surface area contributed by atoms with Crippen molar-refractivity contribution in [3.05, 3.63) is 72.4 Å². The molecule has 0 aromatic heterocycles. The highest BCUT2D eigenvalue weighted by Gasteiger charge is 2.83. The van der Waals surface area contributed by atoms with Crippen molar-refractivity contribution in [2.45, 2.75) is 17.4 Å². The van der Waals surface area contributed by atoms with Crippen LogP contribution in [0.4, 0.5) is 0 Å². The molecular weight excluding hydrogens is 486 g/mol. The van der Waals surface area contributed by atoms with Crippen molar-refractivity contribution in [3.63, 3.8) is 0 Å². The maximum atomic E-state index is 13.1. The minimum absolute atomic E-state index is 0.495. The Morgan fingerprint density at radius 1 is 0.556 bits per heavy atom. The van der Waals surface area contributed by atoms with Crippen LogP contribution in [0.15, 0.2) is 66.8 Å². The third-order valence-corrected chi connectivity index (χ3v) is 4.91. The zero-order chi connectivity index (χ0) is 26.1. The molecule has 3 heterocycles. The Bertz CT molecular complexity index is 1250. The van der Waals surface area contributed by atoms with Gasteiger partial charge in [0, 0.05) is 42.0 Å². The van der Waals surface area contributed by atoms with Crippen LogP contribution in [0.25, 0.3) is 0 Å². The van der Waals surface area contributed by atoms with Gasteiger partial charge in [0.1, 0.15) is 0 Å². The maximum absolute atomic E-state index is 13.1. The van der Waals surface area contributed by atoms with Crippen LogP contribution < -0.4 is 5.73 Å². The molecule has 184 valence electrons. The van der Waals surface area contributed by atoms with E-state index in [1.54, 1.807) is 0 Å². The summed E-state index contributed by atoms with van der Waals surface area (Å²) in [6, 6.07) is 6.22. The summed E-state index contributed by atoms with van der Waals surface area (Å²) in [5, 5.41) is 0. The van der Waals surface area contributed by atoms with E-state index in [1.807, 2.05) is 0 Å². The van der Waals surface area contributed by atoms with Crippen molar-refractivity contribution in [1.29, 1.82) is 0 Å². The Kier molecular flexibility index (Phi) is 5.64. The van der Waals surface area contributed by atoms with Crippen molar-refractivity contribution < 1.29 is 62.0 Å². The molecule has 1 spiro atoms. The number of hydrogen-bond donors (Lipinski definition) is 1. The first-order valence-electron chi connectivity index (χ1n) is 9.81. The maximum Gasteiger partial charge on any atom is 0.480 e. The van der Waals surface area contributed by atoms with Crippen molar-refractivity contribution in [1.82, 2.24) is 0 Å². The van der Waals surface area contributed by atoms with Crippen LogP contribution in [0.5, 0.6) is 0 Å². The Labute approximate surface area is 199 Å². The highest BCUT2D eigenvalue weighted by Crippen LogP contribution is 2.53. The SMILES string of the molecule is NC(=O)C1(C2(c3ccccc3)OC(=O)/C=C\C(=O)OC23OC(=O)C=CC(=O)O3)OC(=O)C=CC(=O)O1. The van der Waals surface area contributed by atoms with Gasteiger partial charge in [-0.2, -0.15) is 0 Å². The summed E-state index contributed by atoms with van der Waals surface area (Å²) in [6.45, 7) is 0. The van der Waals surface area contributed by atoms with Crippen LogP contribution in [0, 0.1) is 0 Å². The van der Waals surface area contributed by atoms with Gasteiger partial charge >= 0.3 is 59.1 Å².